The van der Waals surface area contributed by atoms with Crippen LogP contribution in [0, 0.1) is 0 Å². The van der Waals surface area contributed by atoms with Crippen molar-refractivity contribution in [1.82, 2.24) is 15.1 Å². The molecule has 0 aromatic carbocycles. The van der Waals surface area contributed by atoms with Gasteiger partial charge in [-0.1, -0.05) is 0 Å². The molecule has 16 heavy (non-hydrogen) atoms. The largest absolute Gasteiger partial charge is 0.314 e. The monoisotopic (exact) mass is 243 g/mol. The van der Waals surface area contributed by atoms with Gasteiger partial charge in [-0.3, -0.25) is 4.90 Å². The van der Waals surface area contributed by atoms with Crippen LogP contribution in [0.25, 0.3) is 0 Å². The van der Waals surface area contributed by atoms with Crippen LogP contribution < -0.4 is 5.32 Å². The Hall–Kier alpha value is 0.230. The molecule has 2 saturated heterocycles. The van der Waals surface area contributed by atoms with Gasteiger partial charge in [0.05, 0.1) is 0 Å². The first-order chi connectivity index (χ1) is 7.72. The second kappa shape index (κ2) is 5.71. The zero-order chi connectivity index (χ0) is 11.5. The second-order valence-corrected chi connectivity index (χ2v) is 6.28. The quantitative estimate of drug-likeness (QED) is 0.770. The highest BCUT2D eigenvalue weighted by molar-refractivity contribution is 7.99. The first-order valence-corrected chi connectivity index (χ1v) is 7.69. The van der Waals surface area contributed by atoms with Gasteiger partial charge in [-0.05, 0) is 33.2 Å². The Balaban J connectivity index is 2.01. The summed E-state index contributed by atoms with van der Waals surface area (Å²) >= 11 is 2.03. The van der Waals surface area contributed by atoms with Gasteiger partial charge in [0, 0.05) is 43.5 Å². The molecule has 4 heteroatoms. The number of thioether (sulfide) groups is 1. The Kier molecular flexibility index (Phi) is 4.53. The van der Waals surface area contributed by atoms with Gasteiger partial charge in [-0.15, -0.1) is 0 Å². The summed E-state index contributed by atoms with van der Waals surface area (Å²) in [5, 5.41) is 4.33. The minimum Gasteiger partial charge on any atom is -0.314 e. The zero-order valence-electron chi connectivity index (χ0n) is 10.8. The topological polar surface area (TPSA) is 18.5 Å². The molecule has 0 aliphatic carbocycles. The van der Waals surface area contributed by atoms with Crippen molar-refractivity contribution in [2.75, 3.05) is 46.0 Å². The Morgan fingerprint density at radius 3 is 2.81 bits per heavy atom. The number of likely N-dealkylation sites (N-methyl/N-ethyl adjacent to an activating group) is 1. The van der Waals surface area contributed by atoms with Gasteiger partial charge < -0.3 is 10.2 Å². The smallest absolute Gasteiger partial charge is 0.0355 e. The molecule has 0 saturated carbocycles. The summed E-state index contributed by atoms with van der Waals surface area (Å²) in [4.78, 5) is 5.21. The molecular formula is C12H25N3S. The molecule has 2 aliphatic rings. The van der Waals surface area contributed by atoms with Crippen LogP contribution in [0.5, 0.6) is 0 Å². The van der Waals surface area contributed by atoms with Gasteiger partial charge in [0.15, 0.2) is 0 Å². The van der Waals surface area contributed by atoms with Crippen LogP contribution in [0.4, 0.5) is 0 Å². The van der Waals surface area contributed by atoms with Crippen LogP contribution in [0.2, 0.25) is 0 Å². The molecule has 94 valence electrons. The molecule has 0 amide bonds. The molecule has 0 radical (unpaired) electrons. The van der Waals surface area contributed by atoms with E-state index in [0.717, 1.165) is 11.3 Å². The molecule has 2 rings (SSSR count). The summed E-state index contributed by atoms with van der Waals surface area (Å²) in [6.45, 7) is 8.50. The van der Waals surface area contributed by atoms with Gasteiger partial charge in [-0.25, -0.2) is 0 Å². The molecule has 3 atom stereocenters. The third-order valence-electron chi connectivity index (χ3n) is 3.96. The second-order valence-electron chi connectivity index (χ2n) is 5.20. The van der Waals surface area contributed by atoms with Crippen molar-refractivity contribution < 1.29 is 0 Å². The number of rotatable bonds is 2. The third kappa shape index (κ3) is 2.73. The average molecular weight is 243 g/mol. The molecule has 1 N–H and O–H groups in total. The average Bonchev–Trinajstić information content (AvgIpc) is 2.65. The van der Waals surface area contributed by atoms with Crippen LogP contribution in [0.1, 0.15) is 13.3 Å². The molecule has 2 aliphatic heterocycles. The van der Waals surface area contributed by atoms with E-state index < -0.39 is 0 Å². The summed E-state index contributed by atoms with van der Waals surface area (Å²) in [7, 11) is 2.25. The first kappa shape index (κ1) is 12.7. The summed E-state index contributed by atoms with van der Waals surface area (Å²) in [6.07, 6.45) is 3.57. The van der Waals surface area contributed by atoms with Crippen LogP contribution in [-0.2, 0) is 0 Å². The normalized spacial score (nSPS) is 38.8. The van der Waals surface area contributed by atoms with Crippen molar-refractivity contribution >= 4 is 11.8 Å². The maximum Gasteiger partial charge on any atom is 0.0355 e. The highest BCUT2D eigenvalue weighted by Crippen LogP contribution is 2.23. The standard InChI is InChI=1S/C12H25N3S/c1-10-9-14(2)5-4-6-15(10)11-7-13-8-12(11)16-3/h10-13H,4-9H2,1-3H3. The lowest BCUT2D eigenvalue weighted by atomic mass is 10.1. The lowest BCUT2D eigenvalue weighted by Gasteiger charge is -2.35. The minimum atomic E-state index is 0.701. The maximum atomic E-state index is 3.55. The SMILES string of the molecule is CSC1CNCC1N1CCCN(C)CC1C. The van der Waals surface area contributed by atoms with Crippen LogP contribution in [0.3, 0.4) is 0 Å². The zero-order valence-corrected chi connectivity index (χ0v) is 11.6. The van der Waals surface area contributed by atoms with Crippen molar-refractivity contribution in [3.63, 3.8) is 0 Å². The van der Waals surface area contributed by atoms with E-state index in [4.69, 9.17) is 0 Å². The molecule has 2 fully saturated rings. The Labute approximate surface area is 104 Å². The van der Waals surface area contributed by atoms with E-state index in [2.05, 4.69) is 35.3 Å². The fourth-order valence-electron chi connectivity index (χ4n) is 3.10. The fourth-order valence-corrected chi connectivity index (χ4v) is 3.95. The molecule has 0 spiro atoms. The molecule has 2 heterocycles. The molecule has 3 nitrogen and oxygen atoms in total. The summed E-state index contributed by atoms with van der Waals surface area (Å²) in [5.41, 5.74) is 0. The predicted molar refractivity (Wildman–Crippen MR) is 72.2 cm³/mol. The van der Waals surface area contributed by atoms with Gasteiger partial charge >= 0.3 is 0 Å². The first-order valence-electron chi connectivity index (χ1n) is 6.40. The molecule has 0 bridgehead atoms. The molecule has 0 aromatic heterocycles. The molecular weight excluding hydrogens is 218 g/mol. The number of nitrogens with one attached hydrogen (secondary N) is 1. The van der Waals surface area contributed by atoms with Crippen molar-refractivity contribution in [3.05, 3.63) is 0 Å². The molecule has 3 unspecified atom stereocenters. The minimum absolute atomic E-state index is 0.701. The Bertz CT molecular complexity index is 224. The fraction of sp³-hybridized carbons (Fsp3) is 1.00. The van der Waals surface area contributed by atoms with E-state index in [-0.39, 0.29) is 0 Å². The maximum absolute atomic E-state index is 3.55. The van der Waals surface area contributed by atoms with Crippen molar-refractivity contribution in [2.45, 2.75) is 30.7 Å². The van der Waals surface area contributed by atoms with E-state index in [1.807, 2.05) is 11.8 Å². The lowest BCUT2D eigenvalue weighted by Crippen LogP contribution is -2.49. The van der Waals surface area contributed by atoms with Gasteiger partial charge in [-0.2, -0.15) is 11.8 Å². The number of hydrogen-bond donors (Lipinski definition) is 1. The van der Waals surface area contributed by atoms with Crippen LogP contribution in [0.15, 0.2) is 0 Å². The number of nitrogens with zero attached hydrogens (tertiary/aromatic N) is 2. The lowest BCUT2D eigenvalue weighted by molar-refractivity contribution is 0.155. The molecule has 0 aromatic rings. The van der Waals surface area contributed by atoms with E-state index in [1.54, 1.807) is 0 Å². The van der Waals surface area contributed by atoms with E-state index in [0.29, 0.717) is 6.04 Å². The third-order valence-corrected chi connectivity index (χ3v) is 5.04. The summed E-state index contributed by atoms with van der Waals surface area (Å²) in [5.74, 6) is 0. The van der Waals surface area contributed by atoms with Crippen molar-refractivity contribution in [3.8, 4) is 0 Å². The van der Waals surface area contributed by atoms with E-state index >= 15 is 0 Å². The summed E-state index contributed by atoms with van der Waals surface area (Å²) < 4.78 is 0. The summed E-state index contributed by atoms with van der Waals surface area (Å²) in [6, 6.07) is 1.45. The van der Waals surface area contributed by atoms with Gasteiger partial charge in [0.2, 0.25) is 0 Å². The van der Waals surface area contributed by atoms with Crippen LogP contribution >= 0.6 is 11.8 Å². The highest BCUT2D eigenvalue weighted by Gasteiger charge is 2.34. The van der Waals surface area contributed by atoms with E-state index in [9.17, 15) is 0 Å². The van der Waals surface area contributed by atoms with Gasteiger partial charge in [0.1, 0.15) is 0 Å². The van der Waals surface area contributed by atoms with Gasteiger partial charge in [0.25, 0.3) is 0 Å². The van der Waals surface area contributed by atoms with Crippen LogP contribution in [-0.4, -0.2) is 73.2 Å². The van der Waals surface area contributed by atoms with Crippen molar-refractivity contribution in [1.29, 1.82) is 0 Å². The number of hydrogen-bond acceptors (Lipinski definition) is 4. The predicted octanol–water partition coefficient (Wildman–Crippen LogP) is 0.716. The van der Waals surface area contributed by atoms with E-state index in [1.165, 1.54) is 39.1 Å². The Morgan fingerprint density at radius 2 is 2.06 bits per heavy atom. The highest BCUT2D eigenvalue weighted by atomic mass is 32.2. The van der Waals surface area contributed by atoms with Crippen molar-refractivity contribution in [2.24, 2.45) is 0 Å². The Morgan fingerprint density at radius 1 is 1.25 bits per heavy atom.